The van der Waals surface area contributed by atoms with Crippen molar-refractivity contribution in [2.45, 2.75) is 58.6 Å². The molecular weight excluding hydrogens is 335 g/mol. The van der Waals surface area contributed by atoms with Gasteiger partial charge in [0, 0.05) is 23.8 Å². The van der Waals surface area contributed by atoms with E-state index < -0.39 is 10.3 Å². The summed E-state index contributed by atoms with van der Waals surface area (Å²) < 4.78 is 26.0. The quantitative estimate of drug-likeness (QED) is 0.633. The second-order valence-corrected chi connectivity index (χ2v) is 8.99. The Morgan fingerprint density at radius 1 is 1.24 bits per heavy atom. The Morgan fingerprint density at radius 2 is 2.05 bits per heavy atom. The summed E-state index contributed by atoms with van der Waals surface area (Å²) in [5.74, 6) is -3.08. The number of pyridine rings is 1. The smallest absolute Gasteiger partial charge is 0.250 e. The molecular formula is C15H17Cl2F2NS. The monoisotopic (exact) mass is 351 g/mol. The van der Waals surface area contributed by atoms with Crippen LogP contribution >= 0.6 is 35.0 Å². The summed E-state index contributed by atoms with van der Waals surface area (Å²) in [7, 11) is 0. The van der Waals surface area contributed by atoms with Gasteiger partial charge in [-0.1, -0.05) is 53.9 Å². The second kappa shape index (κ2) is 5.54. The molecule has 0 spiro atoms. The zero-order chi connectivity index (χ0) is 15.1. The fourth-order valence-corrected chi connectivity index (χ4v) is 5.92. The minimum Gasteiger partial charge on any atom is -0.250 e. The Bertz CT molecular complexity index is 512. The fraction of sp³-hybridized carbons (Fsp3) is 0.667. The first-order chi connectivity index (χ1) is 9.85. The van der Waals surface area contributed by atoms with E-state index in [1.54, 1.807) is 18.0 Å². The molecule has 1 heterocycles. The van der Waals surface area contributed by atoms with Crippen molar-refractivity contribution in [3.63, 3.8) is 0 Å². The van der Waals surface area contributed by atoms with Crippen LogP contribution in [0, 0.1) is 5.92 Å². The van der Waals surface area contributed by atoms with E-state index in [2.05, 4.69) is 4.98 Å². The standard InChI is InChI=1S/C15H17Cl2F2NS/c16-14(17)10-13(21-12-6-2-4-8-20-12)7-3-1-5-11(13)9-15(14,18)19/h2,4,6,8,11H,1,3,5,7,9-10H2/t11-,13-/m1/s1. The van der Waals surface area contributed by atoms with Crippen molar-refractivity contribution in [1.82, 2.24) is 4.98 Å². The SMILES string of the molecule is FC1(F)C[C@H]2CCCC[C@@]2(Sc2ccccn2)CC1(Cl)Cl. The average Bonchev–Trinajstić information content (AvgIpc) is 2.41. The largest absolute Gasteiger partial charge is 0.280 e. The Balaban J connectivity index is 1.92. The van der Waals surface area contributed by atoms with Crippen LogP contribution in [0.4, 0.5) is 8.78 Å². The van der Waals surface area contributed by atoms with Gasteiger partial charge in [0.15, 0.2) is 4.33 Å². The Labute approximate surface area is 137 Å². The highest BCUT2D eigenvalue weighted by Gasteiger charge is 2.63. The van der Waals surface area contributed by atoms with Gasteiger partial charge in [-0.2, -0.15) is 0 Å². The highest BCUT2D eigenvalue weighted by molar-refractivity contribution is 8.00. The second-order valence-electron chi connectivity index (χ2n) is 6.07. The van der Waals surface area contributed by atoms with Gasteiger partial charge in [0.1, 0.15) is 0 Å². The molecule has 0 N–H and O–H groups in total. The molecule has 1 aromatic rings. The lowest BCUT2D eigenvalue weighted by atomic mass is 9.68. The number of aromatic nitrogens is 1. The Morgan fingerprint density at radius 3 is 2.76 bits per heavy atom. The number of halogens is 4. The number of rotatable bonds is 2. The zero-order valence-corrected chi connectivity index (χ0v) is 13.8. The van der Waals surface area contributed by atoms with Gasteiger partial charge < -0.3 is 0 Å². The predicted molar refractivity (Wildman–Crippen MR) is 83.4 cm³/mol. The van der Waals surface area contributed by atoms with Crippen LogP contribution in [0.5, 0.6) is 0 Å². The van der Waals surface area contributed by atoms with Gasteiger partial charge in [-0.15, -0.1) is 0 Å². The number of nitrogens with zero attached hydrogens (tertiary/aromatic N) is 1. The molecule has 21 heavy (non-hydrogen) atoms. The molecule has 116 valence electrons. The lowest BCUT2D eigenvalue weighted by Gasteiger charge is -2.53. The van der Waals surface area contributed by atoms with Crippen molar-refractivity contribution in [2.24, 2.45) is 5.92 Å². The van der Waals surface area contributed by atoms with E-state index in [9.17, 15) is 8.78 Å². The van der Waals surface area contributed by atoms with E-state index in [1.165, 1.54) is 0 Å². The third kappa shape index (κ3) is 2.91. The summed E-state index contributed by atoms with van der Waals surface area (Å²) in [5.41, 5.74) is 0. The molecule has 0 radical (unpaired) electrons. The minimum absolute atomic E-state index is 0.0566. The van der Waals surface area contributed by atoms with E-state index in [0.717, 1.165) is 30.7 Å². The van der Waals surface area contributed by atoms with Crippen molar-refractivity contribution >= 4 is 35.0 Å². The highest BCUT2D eigenvalue weighted by Crippen LogP contribution is 2.63. The molecule has 0 aromatic carbocycles. The summed E-state index contributed by atoms with van der Waals surface area (Å²) in [6.07, 6.45) is 5.34. The molecule has 6 heteroatoms. The first-order valence-corrected chi connectivity index (χ1v) is 8.78. The van der Waals surface area contributed by atoms with E-state index >= 15 is 0 Å². The summed E-state index contributed by atoms with van der Waals surface area (Å²) in [6, 6.07) is 5.68. The van der Waals surface area contributed by atoms with Crippen LogP contribution in [0.25, 0.3) is 0 Å². The predicted octanol–water partition coefficient (Wildman–Crippen LogP) is 5.71. The van der Waals surface area contributed by atoms with Gasteiger partial charge in [0.2, 0.25) is 0 Å². The van der Waals surface area contributed by atoms with Gasteiger partial charge in [-0.05, 0) is 30.9 Å². The van der Waals surface area contributed by atoms with Crippen LogP contribution in [0.2, 0.25) is 0 Å². The van der Waals surface area contributed by atoms with Gasteiger partial charge >= 0.3 is 0 Å². The normalized spacial score (nSPS) is 34.2. The molecule has 0 saturated heterocycles. The van der Waals surface area contributed by atoms with Crippen molar-refractivity contribution in [2.75, 3.05) is 0 Å². The van der Waals surface area contributed by atoms with Gasteiger partial charge in [0.05, 0.1) is 5.03 Å². The lowest BCUT2D eigenvalue weighted by molar-refractivity contribution is -0.0782. The molecule has 2 saturated carbocycles. The van der Waals surface area contributed by atoms with Crippen LogP contribution in [0.15, 0.2) is 29.4 Å². The average molecular weight is 352 g/mol. The Hall–Kier alpha value is -0.0600. The first-order valence-electron chi connectivity index (χ1n) is 7.20. The van der Waals surface area contributed by atoms with Crippen molar-refractivity contribution in [3.8, 4) is 0 Å². The molecule has 2 fully saturated rings. The molecule has 3 rings (SSSR count). The van der Waals surface area contributed by atoms with Crippen molar-refractivity contribution in [1.29, 1.82) is 0 Å². The van der Waals surface area contributed by atoms with Crippen molar-refractivity contribution in [3.05, 3.63) is 24.4 Å². The van der Waals surface area contributed by atoms with Gasteiger partial charge in [-0.25, -0.2) is 13.8 Å². The van der Waals surface area contributed by atoms with E-state index in [-0.39, 0.29) is 23.5 Å². The highest BCUT2D eigenvalue weighted by atomic mass is 35.5. The van der Waals surface area contributed by atoms with Gasteiger partial charge in [0.25, 0.3) is 5.92 Å². The third-order valence-electron chi connectivity index (χ3n) is 4.65. The molecule has 2 atom stereocenters. The topological polar surface area (TPSA) is 12.9 Å². The lowest BCUT2D eigenvalue weighted by Crippen LogP contribution is -2.56. The molecule has 0 amide bonds. The molecule has 0 unspecified atom stereocenters. The fourth-order valence-electron chi connectivity index (χ4n) is 3.55. The number of thioether (sulfide) groups is 1. The summed E-state index contributed by atoms with van der Waals surface area (Å²) >= 11 is 13.6. The van der Waals surface area contributed by atoms with Crippen LogP contribution in [0.1, 0.15) is 38.5 Å². The first kappa shape index (κ1) is 15.8. The minimum atomic E-state index is -3.02. The molecule has 2 aliphatic rings. The zero-order valence-electron chi connectivity index (χ0n) is 11.5. The maximum Gasteiger partial charge on any atom is 0.280 e. The van der Waals surface area contributed by atoms with Crippen molar-refractivity contribution < 1.29 is 8.78 Å². The molecule has 0 aliphatic heterocycles. The number of fused-ring (bicyclic) bond motifs is 1. The van der Waals surface area contributed by atoms with Gasteiger partial charge in [-0.3, -0.25) is 0 Å². The number of hydrogen-bond donors (Lipinski definition) is 0. The molecule has 0 bridgehead atoms. The third-order valence-corrected chi connectivity index (χ3v) is 7.01. The number of hydrogen-bond acceptors (Lipinski definition) is 2. The van der Waals surface area contributed by atoms with E-state index in [1.807, 2.05) is 18.2 Å². The number of alkyl halides is 4. The Kier molecular flexibility index (Phi) is 4.17. The van der Waals surface area contributed by atoms with E-state index in [0.29, 0.717) is 0 Å². The van der Waals surface area contributed by atoms with Crippen LogP contribution < -0.4 is 0 Å². The summed E-state index contributed by atoms with van der Waals surface area (Å²) in [5, 5.41) is 0.860. The van der Waals surface area contributed by atoms with E-state index in [4.69, 9.17) is 23.2 Å². The molecule has 1 aromatic heterocycles. The summed E-state index contributed by atoms with van der Waals surface area (Å²) in [6.45, 7) is 0. The maximum absolute atomic E-state index is 14.2. The maximum atomic E-state index is 14.2. The molecule has 2 aliphatic carbocycles. The van der Waals surface area contributed by atoms with Crippen LogP contribution in [0.3, 0.4) is 0 Å². The molecule has 1 nitrogen and oxygen atoms in total. The van der Waals surface area contributed by atoms with Crippen LogP contribution in [-0.4, -0.2) is 20.0 Å². The summed E-state index contributed by atoms with van der Waals surface area (Å²) in [4.78, 5) is 4.33. The van der Waals surface area contributed by atoms with Crippen LogP contribution in [-0.2, 0) is 0 Å².